The maximum atomic E-state index is 13.3. The van der Waals surface area contributed by atoms with Gasteiger partial charge in [0.1, 0.15) is 11.5 Å². The van der Waals surface area contributed by atoms with E-state index in [-0.39, 0.29) is 17.9 Å². The molecule has 0 saturated carbocycles. The number of Topliss-reactive ketones (excluding diaryl/α,β-unsaturated/α-hetero) is 1. The molecule has 0 aliphatic carbocycles. The van der Waals surface area contributed by atoms with Crippen LogP contribution in [0.25, 0.3) is 16.5 Å². The van der Waals surface area contributed by atoms with E-state index in [1.807, 2.05) is 72.1 Å². The average molecular weight is 456 g/mol. The summed E-state index contributed by atoms with van der Waals surface area (Å²) >= 11 is 1.51. The first-order valence-electron chi connectivity index (χ1n) is 10.5. The number of aliphatic hydroxyl groups is 1. The highest BCUT2D eigenvalue weighted by Gasteiger charge is 2.47. The standard InChI is InChI=1S/C27H21NO4S/c1-32-22-14-5-4-12-21(22)24-23(26(30)27(31)28(24)16-18-10-7-15-33-18)25(29)20-13-6-9-17-8-2-3-11-19(17)20/h2-15,24,29H,16H2,1H3/b25-23+. The Morgan fingerprint density at radius 1 is 0.970 bits per heavy atom. The van der Waals surface area contributed by atoms with Gasteiger partial charge >= 0.3 is 0 Å². The third kappa shape index (κ3) is 3.58. The number of carbonyl (C=O) groups excluding carboxylic acids is 2. The Morgan fingerprint density at radius 3 is 2.52 bits per heavy atom. The maximum absolute atomic E-state index is 13.3. The second-order valence-electron chi connectivity index (χ2n) is 7.78. The van der Waals surface area contributed by atoms with Gasteiger partial charge in [0.25, 0.3) is 11.7 Å². The zero-order valence-corrected chi connectivity index (χ0v) is 18.7. The molecule has 1 fully saturated rings. The number of methoxy groups -OCH3 is 1. The second kappa shape index (κ2) is 8.56. The van der Waals surface area contributed by atoms with Crippen LogP contribution in [0.1, 0.15) is 22.0 Å². The molecule has 1 aromatic heterocycles. The molecule has 2 heterocycles. The van der Waals surface area contributed by atoms with Gasteiger partial charge in [-0.3, -0.25) is 9.59 Å². The zero-order valence-electron chi connectivity index (χ0n) is 17.9. The minimum Gasteiger partial charge on any atom is -0.507 e. The van der Waals surface area contributed by atoms with Crippen LogP contribution in [0.5, 0.6) is 5.75 Å². The summed E-state index contributed by atoms with van der Waals surface area (Å²) in [6.07, 6.45) is 0. The minimum atomic E-state index is -0.776. The molecule has 5 rings (SSSR count). The van der Waals surface area contributed by atoms with Gasteiger partial charge in [0.15, 0.2) is 0 Å². The normalized spacial score (nSPS) is 17.6. The fraction of sp³-hybridized carbons (Fsp3) is 0.111. The lowest BCUT2D eigenvalue weighted by Crippen LogP contribution is -2.29. The van der Waals surface area contributed by atoms with Crippen LogP contribution < -0.4 is 4.74 Å². The lowest BCUT2D eigenvalue weighted by Gasteiger charge is -2.26. The van der Waals surface area contributed by atoms with Crippen LogP contribution in [0.15, 0.2) is 89.8 Å². The van der Waals surface area contributed by atoms with Crippen LogP contribution in [-0.4, -0.2) is 28.8 Å². The van der Waals surface area contributed by atoms with Gasteiger partial charge in [-0.1, -0.05) is 66.7 Å². The summed E-state index contributed by atoms with van der Waals surface area (Å²) in [4.78, 5) is 29.0. The quantitative estimate of drug-likeness (QED) is 0.244. The Morgan fingerprint density at radius 2 is 1.73 bits per heavy atom. The number of nitrogens with zero attached hydrogens (tertiary/aromatic N) is 1. The molecule has 3 aromatic carbocycles. The van der Waals surface area contributed by atoms with E-state index in [0.717, 1.165) is 15.6 Å². The highest BCUT2D eigenvalue weighted by atomic mass is 32.1. The molecule has 4 aromatic rings. The van der Waals surface area contributed by atoms with Gasteiger partial charge in [-0.05, 0) is 28.3 Å². The van der Waals surface area contributed by atoms with Crippen molar-refractivity contribution in [3.05, 3.63) is 106 Å². The molecule has 1 atom stereocenters. The molecule has 164 valence electrons. The summed E-state index contributed by atoms with van der Waals surface area (Å²) in [5.74, 6) is -0.979. The van der Waals surface area contributed by atoms with Crippen molar-refractivity contribution < 1.29 is 19.4 Å². The number of ether oxygens (including phenoxy) is 1. The van der Waals surface area contributed by atoms with E-state index < -0.39 is 17.7 Å². The third-order valence-corrected chi connectivity index (χ3v) is 6.79. The molecule has 1 saturated heterocycles. The first-order valence-corrected chi connectivity index (χ1v) is 11.4. The van der Waals surface area contributed by atoms with E-state index in [1.165, 1.54) is 16.2 Å². The maximum Gasteiger partial charge on any atom is 0.295 e. The summed E-state index contributed by atoms with van der Waals surface area (Å²) in [6.45, 7) is 0.261. The van der Waals surface area contributed by atoms with Crippen LogP contribution >= 0.6 is 11.3 Å². The second-order valence-corrected chi connectivity index (χ2v) is 8.81. The first-order chi connectivity index (χ1) is 16.1. The topological polar surface area (TPSA) is 66.8 Å². The average Bonchev–Trinajstić information content (AvgIpc) is 3.45. The minimum absolute atomic E-state index is 0.0670. The summed E-state index contributed by atoms with van der Waals surface area (Å²) < 4.78 is 5.56. The number of carbonyl (C=O) groups is 2. The van der Waals surface area contributed by atoms with Crippen molar-refractivity contribution in [2.24, 2.45) is 0 Å². The number of aliphatic hydroxyl groups excluding tert-OH is 1. The number of amides is 1. The molecular formula is C27H21NO4S. The number of ketones is 1. The van der Waals surface area contributed by atoms with E-state index in [2.05, 4.69) is 0 Å². The molecule has 33 heavy (non-hydrogen) atoms. The van der Waals surface area contributed by atoms with Gasteiger partial charge in [0.2, 0.25) is 0 Å². The lowest BCUT2D eigenvalue weighted by molar-refractivity contribution is -0.140. The monoisotopic (exact) mass is 455 g/mol. The van der Waals surface area contributed by atoms with E-state index in [0.29, 0.717) is 16.9 Å². The number of benzene rings is 3. The van der Waals surface area contributed by atoms with Crippen molar-refractivity contribution in [3.8, 4) is 5.75 Å². The molecule has 6 heteroatoms. The summed E-state index contributed by atoms with van der Waals surface area (Å²) in [7, 11) is 1.55. The van der Waals surface area contributed by atoms with Gasteiger partial charge in [-0.25, -0.2) is 0 Å². The number of fused-ring (bicyclic) bond motifs is 1. The van der Waals surface area contributed by atoms with Crippen molar-refractivity contribution in [1.29, 1.82) is 0 Å². The Bertz CT molecular complexity index is 1390. The van der Waals surface area contributed by atoms with Crippen molar-refractivity contribution in [2.45, 2.75) is 12.6 Å². The van der Waals surface area contributed by atoms with Gasteiger partial charge in [-0.2, -0.15) is 0 Å². The number of rotatable bonds is 5. The SMILES string of the molecule is COc1ccccc1C1/C(=C(\O)c2cccc3ccccc23)C(=O)C(=O)N1Cc1cccs1. The Balaban J connectivity index is 1.75. The molecule has 1 aliphatic rings. The number of para-hydroxylation sites is 1. The van der Waals surface area contributed by atoms with Crippen molar-refractivity contribution in [1.82, 2.24) is 4.90 Å². The van der Waals surface area contributed by atoms with E-state index in [9.17, 15) is 14.7 Å². The van der Waals surface area contributed by atoms with Crippen molar-refractivity contribution in [3.63, 3.8) is 0 Å². The molecule has 1 amide bonds. The lowest BCUT2D eigenvalue weighted by atomic mass is 9.93. The number of hydrogen-bond donors (Lipinski definition) is 1. The summed E-state index contributed by atoms with van der Waals surface area (Å²) in [5.41, 5.74) is 1.23. The highest BCUT2D eigenvalue weighted by molar-refractivity contribution is 7.09. The molecule has 1 unspecified atom stereocenters. The molecule has 0 bridgehead atoms. The molecule has 0 radical (unpaired) electrons. The molecule has 5 nitrogen and oxygen atoms in total. The van der Waals surface area contributed by atoms with Gasteiger partial charge in [0.05, 0.1) is 25.3 Å². The predicted octanol–water partition coefficient (Wildman–Crippen LogP) is 5.53. The first kappa shape index (κ1) is 21.0. The predicted molar refractivity (Wildman–Crippen MR) is 129 cm³/mol. The van der Waals surface area contributed by atoms with Gasteiger partial charge in [-0.15, -0.1) is 11.3 Å². The van der Waals surface area contributed by atoms with E-state index >= 15 is 0 Å². The third-order valence-electron chi connectivity index (χ3n) is 5.92. The summed E-state index contributed by atoms with van der Waals surface area (Å²) in [5, 5.41) is 15.2. The highest BCUT2D eigenvalue weighted by Crippen LogP contribution is 2.44. The van der Waals surface area contributed by atoms with E-state index in [1.54, 1.807) is 19.2 Å². The Hall–Kier alpha value is -3.90. The summed E-state index contributed by atoms with van der Waals surface area (Å²) in [6, 6.07) is 23.5. The van der Waals surface area contributed by atoms with Gasteiger partial charge < -0.3 is 14.7 Å². The van der Waals surface area contributed by atoms with Crippen LogP contribution in [0.2, 0.25) is 0 Å². The van der Waals surface area contributed by atoms with Crippen LogP contribution in [0, 0.1) is 0 Å². The Kier molecular flexibility index (Phi) is 5.44. The molecular weight excluding hydrogens is 434 g/mol. The van der Waals surface area contributed by atoms with Crippen LogP contribution in [-0.2, 0) is 16.1 Å². The van der Waals surface area contributed by atoms with E-state index in [4.69, 9.17) is 4.74 Å². The number of hydrogen-bond acceptors (Lipinski definition) is 5. The number of thiophene rings is 1. The van der Waals surface area contributed by atoms with Gasteiger partial charge in [0, 0.05) is 16.0 Å². The largest absolute Gasteiger partial charge is 0.507 e. The Labute approximate surface area is 195 Å². The van der Waals surface area contributed by atoms with Crippen LogP contribution in [0.4, 0.5) is 0 Å². The molecule has 1 aliphatic heterocycles. The van der Waals surface area contributed by atoms with Crippen molar-refractivity contribution in [2.75, 3.05) is 7.11 Å². The number of likely N-dealkylation sites (tertiary alicyclic amines) is 1. The smallest absolute Gasteiger partial charge is 0.295 e. The zero-order chi connectivity index (χ0) is 22.9. The molecule has 0 spiro atoms. The van der Waals surface area contributed by atoms with Crippen LogP contribution in [0.3, 0.4) is 0 Å². The van der Waals surface area contributed by atoms with Crippen molar-refractivity contribution >= 4 is 39.6 Å². The fourth-order valence-corrected chi connectivity index (χ4v) is 5.11. The fourth-order valence-electron chi connectivity index (χ4n) is 4.41. The molecule has 1 N–H and O–H groups in total.